The zero-order chi connectivity index (χ0) is 17.9. The van der Waals surface area contributed by atoms with Crippen molar-refractivity contribution in [2.24, 2.45) is 0 Å². The van der Waals surface area contributed by atoms with Crippen molar-refractivity contribution in [3.8, 4) is 17.0 Å². The maximum absolute atomic E-state index is 6.15. The van der Waals surface area contributed by atoms with Crippen LogP contribution in [0.15, 0.2) is 72.8 Å². The van der Waals surface area contributed by atoms with Gasteiger partial charge in [-0.05, 0) is 54.1 Å². The Hall–Kier alpha value is -2.91. The minimum atomic E-state index is 0.666. The number of halogens is 1. The third kappa shape index (κ3) is 3.39. The molecule has 0 saturated carbocycles. The number of hydrogen-bond donors (Lipinski definition) is 0. The van der Waals surface area contributed by atoms with Crippen molar-refractivity contribution in [2.45, 2.75) is 6.42 Å². The number of benzene rings is 3. The van der Waals surface area contributed by atoms with E-state index in [2.05, 4.69) is 6.07 Å². The fourth-order valence-electron chi connectivity index (χ4n) is 2.98. The lowest BCUT2D eigenvalue weighted by molar-refractivity contribution is 0.415. The molecule has 0 atom stereocenters. The second-order valence-electron chi connectivity index (χ2n) is 6.04. The summed E-state index contributed by atoms with van der Waals surface area (Å²) in [7, 11) is 1.66. The van der Waals surface area contributed by atoms with E-state index in [1.165, 1.54) is 0 Å². The molecule has 0 amide bonds. The summed E-state index contributed by atoms with van der Waals surface area (Å²) < 4.78 is 5.26. The van der Waals surface area contributed by atoms with E-state index >= 15 is 0 Å². The van der Waals surface area contributed by atoms with Gasteiger partial charge >= 0.3 is 0 Å². The van der Waals surface area contributed by atoms with Crippen LogP contribution in [0.5, 0.6) is 5.75 Å². The monoisotopic (exact) mass is 360 g/mol. The number of para-hydroxylation sites is 2. The van der Waals surface area contributed by atoms with Crippen LogP contribution in [0, 0.1) is 0 Å². The first-order valence-electron chi connectivity index (χ1n) is 8.37. The molecule has 1 aromatic heterocycles. The smallest absolute Gasteiger partial charge is 0.118 e. The van der Waals surface area contributed by atoms with Crippen molar-refractivity contribution >= 4 is 22.6 Å². The van der Waals surface area contributed by atoms with Gasteiger partial charge in [0.2, 0.25) is 0 Å². The summed E-state index contributed by atoms with van der Waals surface area (Å²) in [6, 6.07) is 23.7. The molecule has 4 rings (SSSR count). The van der Waals surface area contributed by atoms with E-state index in [1.54, 1.807) is 7.11 Å². The summed E-state index contributed by atoms with van der Waals surface area (Å²) in [5, 5.41) is 0.724. The van der Waals surface area contributed by atoms with Crippen LogP contribution in [0.1, 0.15) is 11.3 Å². The van der Waals surface area contributed by atoms with Crippen molar-refractivity contribution < 1.29 is 4.74 Å². The van der Waals surface area contributed by atoms with Crippen LogP contribution in [-0.2, 0) is 6.42 Å². The van der Waals surface area contributed by atoms with Gasteiger partial charge in [-0.2, -0.15) is 0 Å². The quantitative estimate of drug-likeness (QED) is 0.478. The summed E-state index contributed by atoms with van der Waals surface area (Å²) in [6.45, 7) is 0. The van der Waals surface area contributed by atoms with Crippen LogP contribution in [0.25, 0.3) is 22.3 Å². The Labute approximate surface area is 157 Å². The number of ether oxygens (including phenoxy) is 1. The Bertz CT molecular complexity index is 1060. The second-order valence-corrected chi connectivity index (χ2v) is 6.48. The molecule has 0 saturated heterocycles. The highest BCUT2D eigenvalue weighted by atomic mass is 35.5. The van der Waals surface area contributed by atoms with Gasteiger partial charge in [0.15, 0.2) is 0 Å². The van der Waals surface area contributed by atoms with E-state index in [1.807, 2.05) is 66.7 Å². The average molecular weight is 361 g/mol. The molecule has 0 fully saturated rings. The molecule has 4 aromatic rings. The van der Waals surface area contributed by atoms with E-state index in [9.17, 15) is 0 Å². The molecule has 128 valence electrons. The lowest BCUT2D eigenvalue weighted by Gasteiger charge is -2.11. The standard InChI is InChI=1S/C22H17ClN2O/c1-26-18-11-9-16(10-12-18)22-21(14-15-5-4-6-17(23)13-15)24-19-7-2-3-8-20(19)25-22/h2-13H,14H2,1H3. The molecular weight excluding hydrogens is 344 g/mol. The molecular formula is C22H17ClN2O. The molecule has 26 heavy (non-hydrogen) atoms. The molecule has 0 radical (unpaired) electrons. The molecule has 0 spiro atoms. The number of aromatic nitrogens is 2. The molecule has 3 aromatic carbocycles. The van der Waals surface area contributed by atoms with E-state index < -0.39 is 0 Å². The van der Waals surface area contributed by atoms with Gasteiger partial charge < -0.3 is 4.74 Å². The first-order valence-corrected chi connectivity index (χ1v) is 8.75. The maximum atomic E-state index is 6.15. The van der Waals surface area contributed by atoms with Gasteiger partial charge in [0, 0.05) is 17.0 Å². The normalized spacial score (nSPS) is 10.8. The van der Waals surface area contributed by atoms with Gasteiger partial charge in [-0.15, -0.1) is 0 Å². The van der Waals surface area contributed by atoms with Crippen molar-refractivity contribution in [3.63, 3.8) is 0 Å². The average Bonchev–Trinajstić information content (AvgIpc) is 2.68. The Morgan fingerprint density at radius 3 is 2.27 bits per heavy atom. The second kappa shape index (κ2) is 7.14. The summed E-state index contributed by atoms with van der Waals surface area (Å²) in [5.74, 6) is 0.818. The lowest BCUT2D eigenvalue weighted by Crippen LogP contribution is -2.00. The Kier molecular flexibility index (Phi) is 4.55. The summed E-state index contributed by atoms with van der Waals surface area (Å²) in [6.07, 6.45) is 0.666. The summed E-state index contributed by atoms with van der Waals surface area (Å²) in [5.41, 5.74) is 5.70. The van der Waals surface area contributed by atoms with Gasteiger partial charge in [0.25, 0.3) is 0 Å². The van der Waals surface area contributed by atoms with E-state index in [0.717, 1.165) is 44.3 Å². The van der Waals surface area contributed by atoms with Crippen LogP contribution in [-0.4, -0.2) is 17.1 Å². The molecule has 1 heterocycles. The van der Waals surface area contributed by atoms with Crippen molar-refractivity contribution in [1.29, 1.82) is 0 Å². The Morgan fingerprint density at radius 1 is 0.846 bits per heavy atom. The van der Waals surface area contributed by atoms with Crippen molar-refractivity contribution in [1.82, 2.24) is 9.97 Å². The zero-order valence-electron chi connectivity index (χ0n) is 14.3. The van der Waals surface area contributed by atoms with Crippen molar-refractivity contribution in [3.05, 3.63) is 89.1 Å². The molecule has 4 heteroatoms. The lowest BCUT2D eigenvalue weighted by atomic mass is 10.0. The molecule has 0 N–H and O–H groups in total. The molecule has 0 aliphatic carbocycles. The zero-order valence-corrected chi connectivity index (χ0v) is 15.1. The number of methoxy groups -OCH3 is 1. The molecule has 0 aliphatic heterocycles. The molecule has 3 nitrogen and oxygen atoms in total. The van der Waals surface area contributed by atoms with Crippen LogP contribution < -0.4 is 4.74 Å². The third-order valence-corrected chi connectivity index (χ3v) is 4.50. The Balaban J connectivity index is 1.85. The molecule has 0 bridgehead atoms. The van der Waals surface area contributed by atoms with Crippen LogP contribution in [0.4, 0.5) is 0 Å². The predicted octanol–water partition coefficient (Wildman–Crippen LogP) is 5.55. The van der Waals surface area contributed by atoms with Crippen molar-refractivity contribution in [2.75, 3.05) is 7.11 Å². The highest BCUT2D eigenvalue weighted by Crippen LogP contribution is 2.27. The van der Waals surface area contributed by atoms with E-state index in [4.69, 9.17) is 26.3 Å². The van der Waals surface area contributed by atoms with Crippen LogP contribution >= 0.6 is 11.6 Å². The first-order chi connectivity index (χ1) is 12.7. The fourth-order valence-corrected chi connectivity index (χ4v) is 3.19. The van der Waals surface area contributed by atoms with Gasteiger partial charge in [0.1, 0.15) is 5.75 Å². The number of hydrogen-bond acceptors (Lipinski definition) is 3. The predicted molar refractivity (Wildman–Crippen MR) is 106 cm³/mol. The minimum absolute atomic E-state index is 0.666. The first kappa shape index (κ1) is 16.6. The maximum Gasteiger partial charge on any atom is 0.118 e. The topological polar surface area (TPSA) is 35.0 Å². The SMILES string of the molecule is COc1ccc(-c2nc3ccccc3nc2Cc2cccc(Cl)c2)cc1. The Morgan fingerprint density at radius 2 is 1.58 bits per heavy atom. The van der Waals surface area contributed by atoms with E-state index in [0.29, 0.717) is 6.42 Å². The minimum Gasteiger partial charge on any atom is -0.497 e. The van der Waals surface area contributed by atoms with Gasteiger partial charge in [0.05, 0.1) is 29.5 Å². The molecule has 0 unspecified atom stereocenters. The number of rotatable bonds is 4. The summed E-state index contributed by atoms with van der Waals surface area (Å²) in [4.78, 5) is 9.77. The van der Waals surface area contributed by atoms with Crippen LogP contribution in [0.3, 0.4) is 0 Å². The third-order valence-electron chi connectivity index (χ3n) is 4.27. The van der Waals surface area contributed by atoms with Gasteiger partial charge in [-0.3, -0.25) is 0 Å². The molecule has 0 aliphatic rings. The number of nitrogens with zero attached hydrogens (tertiary/aromatic N) is 2. The van der Waals surface area contributed by atoms with Gasteiger partial charge in [-0.1, -0.05) is 35.9 Å². The largest absolute Gasteiger partial charge is 0.497 e. The van der Waals surface area contributed by atoms with Crippen LogP contribution in [0.2, 0.25) is 5.02 Å². The number of fused-ring (bicyclic) bond motifs is 1. The van der Waals surface area contributed by atoms with E-state index in [-0.39, 0.29) is 0 Å². The highest BCUT2D eigenvalue weighted by Gasteiger charge is 2.12. The van der Waals surface area contributed by atoms with Gasteiger partial charge in [-0.25, -0.2) is 9.97 Å². The fraction of sp³-hybridized carbons (Fsp3) is 0.0909. The summed E-state index contributed by atoms with van der Waals surface area (Å²) >= 11 is 6.15. The highest BCUT2D eigenvalue weighted by molar-refractivity contribution is 6.30.